The summed E-state index contributed by atoms with van der Waals surface area (Å²) in [4.78, 5) is 11.6. The standard InChI is InChI=1S/C12H20O/c13-11-6-2-5-9-12(10-11)7-3-1-4-8-12/h1-10H2. The Morgan fingerprint density at radius 2 is 1.46 bits per heavy atom. The van der Waals surface area contributed by atoms with Gasteiger partial charge < -0.3 is 0 Å². The lowest BCUT2D eigenvalue weighted by atomic mass is 9.69. The molecule has 2 aliphatic carbocycles. The Morgan fingerprint density at radius 1 is 0.846 bits per heavy atom. The Labute approximate surface area is 80.9 Å². The van der Waals surface area contributed by atoms with Gasteiger partial charge in [0.2, 0.25) is 0 Å². The molecule has 0 heterocycles. The molecule has 2 rings (SSSR count). The minimum absolute atomic E-state index is 0.464. The van der Waals surface area contributed by atoms with Crippen LogP contribution in [0.3, 0.4) is 0 Å². The number of hydrogen-bond acceptors (Lipinski definition) is 1. The van der Waals surface area contributed by atoms with Crippen LogP contribution in [-0.2, 0) is 4.79 Å². The van der Waals surface area contributed by atoms with Crippen molar-refractivity contribution >= 4 is 5.78 Å². The fourth-order valence-corrected chi connectivity index (χ4v) is 3.15. The van der Waals surface area contributed by atoms with Crippen LogP contribution in [0.5, 0.6) is 0 Å². The lowest BCUT2D eigenvalue weighted by Gasteiger charge is -2.35. The monoisotopic (exact) mass is 180 g/mol. The number of carbonyl (C=O) groups excluding carboxylic acids is 1. The summed E-state index contributed by atoms with van der Waals surface area (Å²) in [5.41, 5.74) is 0.464. The minimum atomic E-state index is 0.464. The fraction of sp³-hybridized carbons (Fsp3) is 0.917. The highest BCUT2D eigenvalue weighted by molar-refractivity contribution is 5.79. The molecule has 0 N–H and O–H groups in total. The summed E-state index contributed by atoms with van der Waals surface area (Å²) in [6.07, 6.45) is 12.4. The van der Waals surface area contributed by atoms with E-state index < -0.39 is 0 Å². The molecule has 0 radical (unpaired) electrons. The van der Waals surface area contributed by atoms with Crippen molar-refractivity contribution in [2.75, 3.05) is 0 Å². The predicted octanol–water partition coefficient (Wildman–Crippen LogP) is 3.47. The lowest BCUT2D eigenvalue weighted by Crippen LogP contribution is -2.25. The Morgan fingerprint density at radius 3 is 2.15 bits per heavy atom. The largest absolute Gasteiger partial charge is 0.300 e. The second-order valence-electron chi connectivity index (χ2n) is 4.98. The van der Waals surface area contributed by atoms with Crippen molar-refractivity contribution in [1.29, 1.82) is 0 Å². The zero-order chi connectivity index (χ0) is 9.15. The van der Waals surface area contributed by atoms with Crippen LogP contribution in [0.1, 0.15) is 64.2 Å². The third-order valence-corrected chi connectivity index (χ3v) is 3.90. The first kappa shape index (κ1) is 9.23. The zero-order valence-corrected chi connectivity index (χ0v) is 8.48. The molecule has 2 aliphatic rings. The van der Waals surface area contributed by atoms with Crippen LogP contribution in [0.2, 0.25) is 0 Å². The molecule has 0 bridgehead atoms. The molecule has 0 saturated heterocycles. The molecule has 2 fully saturated rings. The summed E-state index contributed by atoms with van der Waals surface area (Å²) in [6.45, 7) is 0. The van der Waals surface area contributed by atoms with E-state index in [0.29, 0.717) is 11.2 Å². The first-order chi connectivity index (χ1) is 6.31. The van der Waals surface area contributed by atoms with Gasteiger partial charge in [0.25, 0.3) is 0 Å². The van der Waals surface area contributed by atoms with Crippen molar-refractivity contribution < 1.29 is 4.79 Å². The Bertz CT molecular complexity index is 189. The van der Waals surface area contributed by atoms with E-state index in [9.17, 15) is 4.79 Å². The summed E-state index contributed by atoms with van der Waals surface area (Å²) in [5.74, 6) is 0.541. The molecule has 2 saturated carbocycles. The maximum absolute atomic E-state index is 11.6. The van der Waals surface area contributed by atoms with Gasteiger partial charge >= 0.3 is 0 Å². The third kappa shape index (κ3) is 2.12. The van der Waals surface area contributed by atoms with Gasteiger partial charge in [0.1, 0.15) is 5.78 Å². The van der Waals surface area contributed by atoms with Crippen LogP contribution < -0.4 is 0 Å². The van der Waals surface area contributed by atoms with Gasteiger partial charge in [-0.15, -0.1) is 0 Å². The molecule has 1 nitrogen and oxygen atoms in total. The molecule has 0 amide bonds. The van der Waals surface area contributed by atoms with Gasteiger partial charge in [0.05, 0.1) is 0 Å². The molecular weight excluding hydrogens is 160 g/mol. The van der Waals surface area contributed by atoms with E-state index >= 15 is 0 Å². The smallest absolute Gasteiger partial charge is 0.133 e. The average molecular weight is 180 g/mol. The first-order valence-electron chi connectivity index (χ1n) is 5.83. The zero-order valence-electron chi connectivity index (χ0n) is 8.48. The van der Waals surface area contributed by atoms with Crippen molar-refractivity contribution in [3.05, 3.63) is 0 Å². The van der Waals surface area contributed by atoms with E-state index in [1.807, 2.05) is 0 Å². The molecule has 0 aromatic carbocycles. The Hall–Kier alpha value is -0.330. The van der Waals surface area contributed by atoms with Gasteiger partial charge in [-0.3, -0.25) is 4.79 Å². The molecule has 0 aromatic heterocycles. The second kappa shape index (κ2) is 3.81. The van der Waals surface area contributed by atoms with Gasteiger partial charge in [-0.25, -0.2) is 0 Å². The highest BCUT2D eigenvalue weighted by atomic mass is 16.1. The van der Waals surface area contributed by atoms with Crippen molar-refractivity contribution in [2.24, 2.45) is 5.41 Å². The molecule has 13 heavy (non-hydrogen) atoms. The molecule has 0 aromatic rings. The summed E-state index contributed by atoms with van der Waals surface area (Å²) < 4.78 is 0. The molecule has 0 aliphatic heterocycles. The van der Waals surface area contributed by atoms with E-state index in [1.54, 1.807) is 0 Å². The number of Topliss-reactive ketones (excluding diaryl/α,β-unsaturated/α-hetero) is 1. The van der Waals surface area contributed by atoms with Gasteiger partial charge in [-0.05, 0) is 31.1 Å². The van der Waals surface area contributed by atoms with E-state index in [-0.39, 0.29) is 0 Å². The molecule has 1 spiro atoms. The highest BCUT2D eigenvalue weighted by Crippen LogP contribution is 2.45. The van der Waals surface area contributed by atoms with Crippen LogP contribution in [0.4, 0.5) is 0 Å². The fourth-order valence-electron chi connectivity index (χ4n) is 3.15. The van der Waals surface area contributed by atoms with Crippen molar-refractivity contribution in [3.63, 3.8) is 0 Å². The Kier molecular flexibility index (Phi) is 2.71. The number of hydrogen-bond donors (Lipinski definition) is 0. The van der Waals surface area contributed by atoms with E-state index in [4.69, 9.17) is 0 Å². The number of ketones is 1. The lowest BCUT2D eigenvalue weighted by molar-refractivity contribution is -0.121. The van der Waals surface area contributed by atoms with Crippen molar-refractivity contribution in [2.45, 2.75) is 64.2 Å². The topological polar surface area (TPSA) is 17.1 Å². The average Bonchev–Trinajstić information content (AvgIpc) is 2.29. The maximum Gasteiger partial charge on any atom is 0.133 e. The quantitative estimate of drug-likeness (QED) is 0.558. The second-order valence-corrected chi connectivity index (χ2v) is 4.98. The SMILES string of the molecule is O=C1CCCCC2(CCCCC2)C1. The van der Waals surface area contributed by atoms with Crippen molar-refractivity contribution in [3.8, 4) is 0 Å². The number of rotatable bonds is 0. The van der Waals surface area contributed by atoms with Gasteiger partial charge in [0, 0.05) is 12.8 Å². The predicted molar refractivity (Wildman–Crippen MR) is 53.6 cm³/mol. The van der Waals surface area contributed by atoms with Gasteiger partial charge in [0.15, 0.2) is 0 Å². The van der Waals surface area contributed by atoms with Gasteiger partial charge in [-0.2, -0.15) is 0 Å². The third-order valence-electron chi connectivity index (χ3n) is 3.90. The van der Waals surface area contributed by atoms with Crippen LogP contribution >= 0.6 is 0 Å². The van der Waals surface area contributed by atoms with Crippen molar-refractivity contribution in [1.82, 2.24) is 0 Å². The van der Waals surface area contributed by atoms with Crippen LogP contribution in [-0.4, -0.2) is 5.78 Å². The van der Waals surface area contributed by atoms with E-state index in [2.05, 4.69) is 0 Å². The van der Waals surface area contributed by atoms with E-state index in [0.717, 1.165) is 19.3 Å². The summed E-state index contributed by atoms with van der Waals surface area (Å²) in [6, 6.07) is 0. The summed E-state index contributed by atoms with van der Waals surface area (Å²) in [7, 11) is 0. The van der Waals surface area contributed by atoms with Crippen LogP contribution in [0, 0.1) is 5.41 Å². The summed E-state index contributed by atoms with van der Waals surface area (Å²) in [5, 5.41) is 0. The van der Waals surface area contributed by atoms with E-state index in [1.165, 1.54) is 44.9 Å². The minimum Gasteiger partial charge on any atom is -0.300 e. The van der Waals surface area contributed by atoms with Gasteiger partial charge in [-0.1, -0.05) is 25.7 Å². The molecule has 0 atom stereocenters. The Balaban J connectivity index is 2.04. The summed E-state index contributed by atoms with van der Waals surface area (Å²) >= 11 is 0. The first-order valence-corrected chi connectivity index (χ1v) is 5.83. The molecule has 74 valence electrons. The highest BCUT2D eigenvalue weighted by Gasteiger charge is 2.34. The normalized spacial score (nSPS) is 28.8. The van der Waals surface area contributed by atoms with Crippen LogP contribution in [0.15, 0.2) is 0 Å². The van der Waals surface area contributed by atoms with Crippen LogP contribution in [0.25, 0.3) is 0 Å². The number of carbonyl (C=O) groups is 1. The molecule has 0 unspecified atom stereocenters. The molecule has 1 heteroatoms. The maximum atomic E-state index is 11.6. The molecular formula is C12H20O.